The van der Waals surface area contributed by atoms with E-state index in [1.165, 1.54) is 30.0 Å². The molecule has 0 unspecified atom stereocenters. The molecule has 5 nitrogen and oxygen atoms in total. The highest BCUT2D eigenvalue weighted by molar-refractivity contribution is 5.92. The number of nitrogens with two attached hydrogens (primary N) is 1. The fraction of sp³-hybridized carbons (Fsp3) is 0.143. The molecule has 0 saturated heterocycles. The number of halogens is 1. The smallest absolute Gasteiger partial charge is 0.250 e. The molecule has 1 amide bonds. The van der Waals surface area contributed by atoms with Crippen LogP contribution in [-0.2, 0) is 6.54 Å². The van der Waals surface area contributed by atoms with E-state index in [0.717, 1.165) is 5.56 Å². The van der Waals surface area contributed by atoms with Crippen LogP contribution in [0.2, 0.25) is 0 Å². The Morgan fingerprint density at radius 3 is 2.59 bits per heavy atom. The first kappa shape index (κ1) is 18.5. The normalized spacial score (nSPS) is 11.8. The predicted molar refractivity (Wildman–Crippen MR) is 101 cm³/mol. The second-order valence-electron chi connectivity index (χ2n) is 6.13. The standard InChI is InChI=1S/C21H20FN3O2/c1-14(16-5-3-2-4-6-16)24-12-15-7-9-19(18(22)11-15)27-20-10-8-17(13-25-20)21(23)26/h2-11,13-14,24H,12H2,1H3,(H2,23,26)/t14-/m1/s1. The van der Waals surface area contributed by atoms with Gasteiger partial charge >= 0.3 is 0 Å². The minimum absolute atomic E-state index is 0.0641. The van der Waals surface area contributed by atoms with E-state index in [4.69, 9.17) is 10.5 Å². The van der Waals surface area contributed by atoms with Gasteiger partial charge in [-0.25, -0.2) is 9.37 Å². The lowest BCUT2D eigenvalue weighted by Gasteiger charge is -2.14. The molecule has 27 heavy (non-hydrogen) atoms. The van der Waals surface area contributed by atoms with Crippen molar-refractivity contribution in [2.75, 3.05) is 0 Å². The van der Waals surface area contributed by atoms with Crippen LogP contribution in [-0.4, -0.2) is 10.9 Å². The number of carbonyl (C=O) groups is 1. The molecule has 0 saturated carbocycles. The lowest BCUT2D eigenvalue weighted by molar-refractivity contribution is 0.1000. The summed E-state index contributed by atoms with van der Waals surface area (Å²) in [6, 6.07) is 17.9. The Bertz CT molecular complexity index is 914. The van der Waals surface area contributed by atoms with Gasteiger partial charge in [0.05, 0.1) is 5.56 Å². The zero-order chi connectivity index (χ0) is 19.2. The van der Waals surface area contributed by atoms with Gasteiger partial charge in [0.25, 0.3) is 0 Å². The number of ether oxygens (including phenoxy) is 1. The van der Waals surface area contributed by atoms with E-state index in [9.17, 15) is 9.18 Å². The van der Waals surface area contributed by atoms with Crippen LogP contribution in [0.4, 0.5) is 4.39 Å². The summed E-state index contributed by atoms with van der Waals surface area (Å²) in [5, 5.41) is 3.36. The fourth-order valence-electron chi connectivity index (χ4n) is 2.57. The minimum Gasteiger partial charge on any atom is -0.436 e. The molecule has 1 aromatic heterocycles. The third-order valence-corrected chi connectivity index (χ3v) is 4.14. The maximum absolute atomic E-state index is 14.3. The van der Waals surface area contributed by atoms with Gasteiger partial charge in [-0.2, -0.15) is 0 Å². The second kappa shape index (κ2) is 8.42. The molecule has 1 heterocycles. The first-order chi connectivity index (χ1) is 13.0. The molecule has 0 bridgehead atoms. The van der Waals surface area contributed by atoms with Crippen LogP contribution in [0.1, 0.15) is 34.5 Å². The van der Waals surface area contributed by atoms with Gasteiger partial charge in [-0.3, -0.25) is 4.79 Å². The highest BCUT2D eigenvalue weighted by Crippen LogP contribution is 2.24. The third kappa shape index (κ3) is 4.89. The number of hydrogen-bond acceptors (Lipinski definition) is 4. The van der Waals surface area contributed by atoms with Crippen molar-refractivity contribution in [2.24, 2.45) is 5.73 Å². The highest BCUT2D eigenvalue weighted by Gasteiger charge is 2.09. The molecule has 0 fully saturated rings. The number of aromatic nitrogens is 1. The molecule has 3 aromatic rings. The van der Waals surface area contributed by atoms with Gasteiger partial charge in [-0.1, -0.05) is 36.4 Å². The van der Waals surface area contributed by atoms with Gasteiger partial charge in [0.15, 0.2) is 11.6 Å². The zero-order valence-electron chi connectivity index (χ0n) is 14.9. The summed E-state index contributed by atoms with van der Waals surface area (Å²) < 4.78 is 19.8. The topological polar surface area (TPSA) is 77.2 Å². The van der Waals surface area contributed by atoms with Crippen LogP contribution in [0.25, 0.3) is 0 Å². The monoisotopic (exact) mass is 365 g/mol. The number of nitrogens with one attached hydrogen (secondary N) is 1. The van der Waals surface area contributed by atoms with Crippen LogP contribution in [0.5, 0.6) is 11.6 Å². The molecule has 2 aromatic carbocycles. The Hall–Kier alpha value is -3.25. The molecule has 0 aliphatic rings. The summed E-state index contributed by atoms with van der Waals surface area (Å²) >= 11 is 0. The average Bonchev–Trinajstić information content (AvgIpc) is 2.69. The maximum Gasteiger partial charge on any atom is 0.250 e. The summed E-state index contributed by atoms with van der Waals surface area (Å²) in [6.07, 6.45) is 1.29. The lowest BCUT2D eigenvalue weighted by atomic mass is 10.1. The largest absolute Gasteiger partial charge is 0.436 e. The van der Waals surface area contributed by atoms with E-state index < -0.39 is 11.7 Å². The first-order valence-corrected chi connectivity index (χ1v) is 8.53. The van der Waals surface area contributed by atoms with E-state index in [1.807, 2.05) is 30.3 Å². The molecule has 0 aliphatic carbocycles. The molecule has 3 rings (SSSR count). The summed E-state index contributed by atoms with van der Waals surface area (Å²) in [4.78, 5) is 15.0. The van der Waals surface area contributed by atoms with Crippen molar-refractivity contribution in [1.29, 1.82) is 0 Å². The van der Waals surface area contributed by atoms with Gasteiger partial charge in [-0.15, -0.1) is 0 Å². The van der Waals surface area contributed by atoms with Crippen LogP contribution >= 0.6 is 0 Å². The van der Waals surface area contributed by atoms with Crippen molar-refractivity contribution in [3.8, 4) is 11.6 Å². The summed E-state index contributed by atoms with van der Waals surface area (Å²) in [7, 11) is 0. The summed E-state index contributed by atoms with van der Waals surface area (Å²) in [5.41, 5.74) is 7.39. The van der Waals surface area contributed by atoms with E-state index in [2.05, 4.69) is 17.2 Å². The van der Waals surface area contributed by atoms with Crippen molar-refractivity contribution < 1.29 is 13.9 Å². The molecular formula is C21H20FN3O2. The molecule has 6 heteroatoms. The molecule has 0 radical (unpaired) electrons. The van der Waals surface area contributed by atoms with E-state index in [-0.39, 0.29) is 23.2 Å². The SMILES string of the molecule is C[C@@H](NCc1ccc(Oc2ccc(C(N)=O)cn2)c(F)c1)c1ccccc1. The van der Waals surface area contributed by atoms with Gasteiger partial charge in [-0.05, 0) is 36.2 Å². The quantitative estimate of drug-likeness (QED) is 0.664. The van der Waals surface area contributed by atoms with Crippen molar-refractivity contribution in [3.63, 3.8) is 0 Å². The molecule has 0 spiro atoms. The van der Waals surface area contributed by atoms with Crippen molar-refractivity contribution in [2.45, 2.75) is 19.5 Å². The Morgan fingerprint density at radius 1 is 1.19 bits per heavy atom. The Labute approximate surface area is 157 Å². The van der Waals surface area contributed by atoms with E-state index in [0.29, 0.717) is 6.54 Å². The molecule has 1 atom stereocenters. The van der Waals surface area contributed by atoms with Crippen LogP contribution in [0.3, 0.4) is 0 Å². The van der Waals surface area contributed by atoms with Gasteiger partial charge in [0, 0.05) is 24.8 Å². The van der Waals surface area contributed by atoms with Gasteiger partial charge in [0.1, 0.15) is 0 Å². The number of nitrogens with zero attached hydrogens (tertiary/aromatic N) is 1. The van der Waals surface area contributed by atoms with Gasteiger partial charge in [0.2, 0.25) is 11.8 Å². The zero-order valence-corrected chi connectivity index (χ0v) is 14.9. The summed E-state index contributed by atoms with van der Waals surface area (Å²) in [6.45, 7) is 2.59. The van der Waals surface area contributed by atoms with Crippen molar-refractivity contribution >= 4 is 5.91 Å². The van der Waals surface area contributed by atoms with Crippen molar-refractivity contribution in [1.82, 2.24) is 10.3 Å². The second-order valence-corrected chi connectivity index (χ2v) is 6.13. The number of pyridine rings is 1. The number of primary amides is 1. The molecular weight excluding hydrogens is 345 g/mol. The van der Waals surface area contributed by atoms with Crippen LogP contribution < -0.4 is 15.8 Å². The number of hydrogen-bond donors (Lipinski definition) is 2. The average molecular weight is 365 g/mol. The Balaban J connectivity index is 1.62. The maximum atomic E-state index is 14.3. The predicted octanol–water partition coefficient (Wildman–Crippen LogP) is 3.96. The van der Waals surface area contributed by atoms with E-state index >= 15 is 0 Å². The Morgan fingerprint density at radius 2 is 1.96 bits per heavy atom. The number of rotatable bonds is 7. The third-order valence-electron chi connectivity index (χ3n) is 4.14. The minimum atomic E-state index is -0.582. The molecule has 0 aliphatic heterocycles. The summed E-state index contributed by atoms with van der Waals surface area (Å²) in [5.74, 6) is -0.819. The van der Waals surface area contributed by atoms with Crippen molar-refractivity contribution in [3.05, 3.63) is 89.4 Å². The number of amides is 1. The van der Waals surface area contributed by atoms with Crippen LogP contribution in [0, 0.1) is 5.82 Å². The van der Waals surface area contributed by atoms with Gasteiger partial charge < -0.3 is 15.8 Å². The number of benzene rings is 2. The molecule has 3 N–H and O–H groups in total. The molecule has 138 valence electrons. The highest BCUT2D eigenvalue weighted by atomic mass is 19.1. The fourth-order valence-corrected chi connectivity index (χ4v) is 2.57. The van der Waals surface area contributed by atoms with E-state index in [1.54, 1.807) is 12.1 Å². The Kier molecular flexibility index (Phi) is 5.78. The van der Waals surface area contributed by atoms with Crippen LogP contribution in [0.15, 0.2) is 66.9 Å². The lowest BCUT2D eigenvalue weighted by Crippen LogP contribution is -2.18. The first-order valence-electron chi connectivity index (χ1n) is 8.53. The number of carbonyl (C=O) groups excluding carboxylic acids is 1.